The number of hydrogen-bond acceptors (Lipinski definition) is 4. The molecule has 0 amide bonds. The fourth-order valence-electron chi connectivity index (χ4n) is 1.52. The molecular weight excluding hydrogens is 366 g/mol. The standard InChI is InChI=1S/C13H7BrClNO5/c14-9-5-7(13(17)18)1-3-11(9)21-12-4-2-8(16(19)20)6-10(12)15/h1-6H,(H,17,18). The number of carboxylic acid groups (broad SMARTS) is 1. The number of ether oxygens (including phenoxy) is 1. The monoisotopic (exact) mass is 371 g/mol. The summed E-state index contributed by atoms with van der Waals surface area (Å²) >= 11 is 9.11. The summed E-state index contributed by atoms with van der Waals surface area (Å²) in [4.78, 5) is 20.9. The summed E-state index contributed by atoms with van der Waals surface area (Å²) in [6.45, 7) is 0. The summed E-state index contributed by atoms with van der Waals surface area (Å²) in [7, 11) is 0. The van der Waals surface area contributed by atoms with Crippen LogP contribution in [0.25, 0.3) is 0 Å². The van der Waals surface area contributed by atoms with Crippen LogP contribution in [0.15, 0.2) is 40.9 Å². The average Bonchev–Trinajstić information content (AvgIpc) is 2.42. The topological polar surface area (TPSA) is 89.7 Å². The third-order valence-corrected chi connectivity index (χ3v) is 3.44. The Hall–Kier alpha value is -2.12. The summed E-state index contributed by atoms with van der Waals surface area (Å²) in [5, 5.41) is 19.6. The minimum Gasteiger partial charge on any atom is -0.478 e. The van der Waals surface area contributed by atoms with E-state index in [2.05, 4.69) is 15.9 Å². The lowest BCUT2D eigenvalue weighted by atomic mass is 10.2. The third-order valence-electron chi connectivity index (χ3n) is 2.53. The summed E-state index contributed by atoms with van der Waals surface area (Å²) < 4.78 is 5.94. The maximum Gasteiger partial charge on any atom is 0.335 e. The first kappa shape index (κ1) is 15.3. The van der Waals surface area contributed by atoms with Crippen LogP contribution in [0.3, 0.4) is 0 Å². The molecule has 2 rings (SSSR count). The number of nitro benzene ring substituents is 1. The van der Waals surface area contributed by atoms with E-state index in [1.54, 1.807) is 0 Å². The Morgan fingerprint density at radius 1 is 1.24 bits per heavy atom. The maximum atomic E-state index is 10.8. The second-order valence-corrected chi connectivity index (χ2v) is 5.19. The highest BCUT2D eigenvalue weighted by Gasteiger charge is 2.13. The van der Waals surface area contributed by atoms with E-state index in [0.717, 1.165) is 0 Å². The van der Waals surface area contributed by atoms with Gasteiger partial charge in [-0.05, 0) is 40.2 Å². The van der Waals surface area contributed by atoms with Crippen molar-refractivity contribution in [3.05, 3.63) is 61.6 Å². The van der Waals surface area contributed by atoms with Crippen molar-refractivity contribution in [1.29, 1.82) is 0 Å². The van der Waals surface area contributed by atoms with Gasteiger partial charge in [-0.3, -0.25) is 10.1 Å². The molecule has 0 aliphatic heterocycles. The number of benzene rings is 2. The zero-order chi connectivity index (χ0) is 15.6. The van der Waals surface area contributed by atoms with Crippen molar-refractivity contribution >= 4 is 39.2 Å². The molecule has 2 aromatic rings. The lowest BCUT2D eigenvalue weighted by Gasteiger charge is -2.09. The van der Waals surface area contributed by atoms with Gasteiger partial charge in [0.2, 0.25) is 0 Å². The largest absolute Gasteiger partial charge is 0.478 e. The molecule has 8 heteroatoms. The fourth-order valence-corrected chi connectivity index (χ4v) is 2.19. The van der Waals surface area contributed by atoms with Gasteiger partial charge in [0.25, 0.3) is 5.69 Å². The van der Waals surface area contributed by atoms with Gasteiger partial charge in [0.1, 0.15) is 11.5 Å². The number of aromatic carboxylic acids is 1. The molecule has 0 aliphatic rings. The van der Waals surface area contributed by atoms with Gasteiger partial charge in [-0.2, -0.15) is 0 Å². The van der Waals surface area contributed by atoms with E-state index in [1.165, 1.54) is 36.4 Å². The number of carbonyl (C=O) groups is 1. The first-order valence-corrected chi connectivity index (χ1v) is 6.70. The maximum absolute atomic E-state index is 10.8. The van der Waals surface area contributed by atoms with Crippen LogP contribution < -0.4 is 4.74 Å². The van der Waals surface area contributed by atoms with Gasteiger partial charge in [-0.1, -0.05) is 11.6 Å². The highest BCUT2D eigenvalue weighted by Crippen LogP contribution is 2.35. The predicted molar refractivity (Wildman–Crippen MR) is 79.3 cm³/mol. The van der Waals surface area contributed by atoms with E-state index < -0.39 is 10.9 Å². The summed E-state index contributed by atoms with van der Waals surface area (Å²) in [5.74, 6) is -0.489. The van der Waals surface area contributed by atoms with Crippen LogP contribution in [0.4, 0.5) is 5.69 Å². The van der Waals surface area contributed by atoms with Gasteiger partial charge < -0.3 is 9.84 Å². The van der Waals surface area contributed by atoms with Gasteiger partial charge in [-0.25, -0.2) is 4.79 Å². The minimum absolute atomic E-state index is 0.0819. The van der Waals surface area contributed by atoms with E-state index >= 15 is 0 Å². The Balaban J connectivity index is 2.30. The fraction of sp³-hybridized carbons (Fsp3) is 0. The molecule has 1 N–H and O–H groups in total. The highest BCUT2D eigenvalue weighted by molar-refractivity contribution is 9.10. The normalized spacial score (nSPS) is 10.2. The molecule has 0 heterocycles. The molecular formula is C13H7BrClNO5. The van der Waals surface area contributed by atoms with Gasteiger partial charge in [-0.15, -0.1) is 0 Å². The molecule has 0 saturated carbocycles. The van der Waals surface area contributed by atoms with Crippen LogP contribution in [0.5, 0.6) is 11.5 Å². The van der Waals surface area contributed by atoms with Crippen LogP contribution in [0.2, 0.25) is 5.02 Å². The molecule has 0 radical (unpaired) electrons. The zero-order valence-electron chi connectivity index (χ0n) is 10.2. The number of nitro groups is 1. The second kappa shape index (κ2) is 6.11. The molecule has 0 fully saturated rings. The Morgan fingerprint density at radius 2 is 1.90 bits per heavy atom. The Kier molecular flexibility index (Phi) is 4.44. The van der Waals surface area contributed by atoms with Crippen molar-refractivity contribution in [1.82, 2.24) is 0 Å². The molecule has 0 unspecified atom stereocenters. The minimum atomic E-state index is -1.06. The number of hydrogen-bond donors (Lipinski definition) is 1. The predicted octanol–water partition coefficient (Wildman–Crippen LogP) is 4.50. The van der Waals surface area contributed by atoms with E-state index in [-0.39, 0.29) is 22.0 Å². The molecule has 0 spiro atoms. The quantitative estimate of drug-likeness (QED) is 0.630. The molecule has 6 nitrogen and oxygen atoms in total. The molecule has 108 valence electrons. The Bertz CT molecular complexity index is 673. The molecule has 0 bridgehead atoms. The first-order valence-electron chi connectivity index (χ1n) is 5.53. The number of non-ortho nitro benzene ring substituents is 1. The zero-order valence-corrected chi connectivity index (χ0v) is 12.6. The summed E-state index contributed by atoms with van der Waals surface area (Å²) in [6, 6.07) is 8.04. The summed E-state index contributed by atoms with van der Waals surface area (Å²) in [5.41, 5.74) is -0.0448. The Labute approximate surface area is 132 Å². The molecule has 0 atom stereocenters. The van der Waals surface area contributed by atoms with Crippen molar-refractivity contribution in [2.75, 3.05) is 0 Å². The second-order valence-electron chi connectivity index (χ2n) is 3.92. The third kappa shape index (κ3) is 3.50. The molecule has 0 aliphatic carbocycles. The van der Waals surface area contributed by atoms with E-state index in [9.17, 15) is 14.9 Å². The van der Waals surface area contributed by atoms with Gasteiger partial charge in [0.05, 0.1) is 20.0 Å². The molecule has 0 saturated heterocycles. The van der Waals surface area contributed by atoms with E-state index in [1.807, 2.05) is 0 Å². The number of halogens is 2. The summed E-state index contributed by atoms with van der Waals surface area (Å²) in [6.07, 6.45) is 0. The molecule has 0 aromatic heterocycles. The van der Waals surface area contributed by atoms with Crippen LogP contribution in [-0.4, -0.2) is 16.0 Å². The Morgan fingerprint density at radius 3 is 2.43 bits per heavy atom. The van der Waals surface area contributed by atoms with Crippen LogP contribution in [0, 0.1) is 10.1 Å². The average molecular weight is 373 g/mol. The van der Waals surface area contributed by atoms with Gasteiger partial charge >= 0.3 is 5.97 Å². The highest BCUT2D eigenvalue weighted by atomic mass is 79.9. The van der Waals surface area contributed by atoms with E-state index in [4.69, 9.17) is 21.4 Å². The van der Waals surface area contributed by atoms with Crippen molar-refractivity contribution < 1.29 is 19.6 Å². The van der Waals surface area contributed by atoms with Crippen LogP contribution in [0.1, 0.15) is 10.4 Å². The van der Waals surface area contributed by atoms with Crippen molar-refractivity contribution in [2.45, 2.75) is 0 Å². The van der Waals surface area contributed by atoms with Crippen molar-refractivity contribution in [3.63, 3.8) is 0 Å². The lowest BCUT2D eigenvalue weighted by Crippen LogP contribution is -1.96. The number of nitrogens with zero attached hydrogens (tertiary/aromatic N) is 1. The molecule has 2 aromatic carbocycles. The van der Waals surface area contributed by atoms with Crippen molar-refractivity contribution in [2.24, 2.45) is 0 Å². The van der Waals surface area contributed by atoms with Gasteiger partial charge in [0, 0.05) is 12.1 Å². The van der Waals surface area contributed by atoms with Crippen LogP contribution in [-0.2, 0) is 0 Å². The van der Waals surface area contributed by atoms with Crippen molar-refractivity contribution in [3.8, 4) is 11.5 Å². The first-order chi connectivity index (χ1) is 9.88. The SMILES string of the molecule is O=C(O)c1ccc(Oc2ccc([N+](=O)[O-])cc2Cl)c(Br)c1. The smallest absolute Gasteiger partial charge is 0.335 e. The van der Waals surface area contributed by atoms with Crippen LogP contribution >= 0.6 is 27.5 Å². The number of carboxylic acids is 1. The van der Waals surface area contributed by atoms with E-state index in [0.29, 0.717) is 10.2 Å². The number of rotatable bonds is 4. The lowest BCUT2D eigenvalue weighted by molar-refractivity contribution is -0.384. The van der Waals surface area contributed by atoms with Gasteiger partial charge in [0.15, 0.2) is 0 Å². The molecule has 21 heavy (non-hydrogen) atoms.